The molecule has 1 aromatic carbocycles. The number of aromatic hydroxyl groups is 1. The second-order valence-corrected chi connectivity index (χ2v) is 5.18. The van der Waals surface area contributed by atoms with E-state index in [0.29, 0.717) is 12.8 Å². The molecule has 1 rings (SSSR count). The molecule has 19 heavy (non-hydrogen) atoms. The quantitative estimate of drug-likeness (QED) is 0.775. The zero-order chi connectivity index (χ0) is 14.5. The van der Waals surface area contributed by atoms with E-state index in [9.17, 15) is 15.0 Å². The predicted octanol–water partition coefficient (Wildman–Crippen LogP) is 2.28. The molecular formula is C15H22O4. The second-order valence-electron chi connectivity index (χ2n) is 5.18. The predicted molar refractivity (Wildman–Crippen MR) is 72.8 cm³/mol. The summed E-state index contributed by atoms with van der Waals surface area (Å²) in [4.78, 5) is 11.4. The number of aryl methyl sites for hydroxylation is 1. The average molecular weight is 266 g/mol. The Morgan fingerprint density at radius 3 is 2.37 bits per heavy atom. The third kappa shape index (κ3) is 4.56. The SMILES string of the molecule is COC(=O)CC(O)(CCc1ccc(O)cc1)C(C)C. The van der Waals surface area contributed by atoms with E-state index in [1.165, 1.54) is 7.11 Å². The van der Waals surface area contributed by atoms with Crippen LogP contribution in [0.2, 0.25) is 0 Å². The number of rotatable bonds is 6. The Bertz CT molecular complexity index is 411. The van der Waals surface area contributed by atoms with Crippen LogP contribution in [0.25, 0.3) is 0 Å². The second kappa shape index (κ2) is 6.57. The van der Waals surface area contributed by atoms with Gasteiger partial charge in [-0.3, -0.25) is 4.79 Å². The standard InChI is InChI=1S/C15H22O4/c1-11(2)15(18,10-14(17)19-3)9-8-12-4-6-13(16)7-5-12/h4-7,11,16,18H,8-10H2,1-3H3. The molecule has 0 heterocycles. The fraction of sp³-hybridized carbons (Fsp3) is 0.533. The van der Waals surface area contributed by atoms with Crippen LogP contribution in [-0.4, -0.2) is 28.9 Å². The van der Waals surface area contributed by atoms with Gasteiger partial charge in [-0.05, 0) is 36.5 Å². The van der Waals surface area contributed by atoms with Gasteiger partial charge in [0.15, 0.2) is 0 Å². The molecule has 0 aromatic heterocycles. The highest BCUT2D eigenvalue weighted by Gasteiger charge is 2.33. The van der Waals surface area contributed by atoms with E-state index in [0.717, 1.165) is 5.56 Å². The number of methoxy groups -OCH3 is 1. The molecule has 0 radical (unpaired) electrons. The Balaban J connectivity index is 2.68. The minimum absolute atomic E-state index is 0.000744. The molecule has 0 bridgehead atoms. The Kier molecular flexibility index (Phi) is 5.36. The van der Waals surface area contributed by atoms with E-state index in [2.05, 4.69) is 4.74 Å². The summed E-state index contributed by atoms with van der Waals surface area (Å²) in [5.41, 5.74) is -0.0490. The number of ether oxygens (including phenoxy) is 1. The third-order valence-electron chi connectivity index (χ3n) is 3.54. The lowest BCUT2D eigenvalue weighted by Gasteiger charge is -2.31. The molecule has 1 unspecified atom stereocenters. The fourth-order valence-electron chi connectivity index (χ4n) is 1.93. The molecule has 4 heteroatoms. The van der Waals surface area contributed by atoms with E-state index in [1.54, 1.807) is 12.1 Å². The van der Waals surface area contributed by atoms with Gasteiger partial charge in [-0.1, -0.05) is 26.0 Å². The molecule has 0 spiro atoms. The number of phenols is 1. The molecule has 0 fully saturated rings. The van der Waals surface area contributed by atoms with Crippen molar-refractivity contribution >= 4 is 5.97 Å². The van der Waals surface area contributed by atoms with Crippen LogP contribution >= 0.6 is 0 Å². The monoisotopic (exact) mass is 266 g/mol. The van der Waals surface area contributed by atoms with Crippen LogP contribution in [0.4, 0.5) is 0 Å². The molecule has 0 aliphatic heterocycles. The molecule has 0 aliphatic carbocycles. The topological polar surface area (TPSA) is 66.8 Å². The van der Waals surface area contributed by atoms with Crippen LogP contribution in [-0.2, 0) is 16.0 Å². The van der Waals surface area contributed by atoms with E-state index >= 15 is 0 Å². The van der Waals surface area contributed by atoms with Crippen LogP contribution in [0.1, 0.15) is 32.3 Å². The molecule has 0 amide bonds. The van der Waals surface area contributed by atoms with Gasteiger partial charge in [-0.15, -0.1) is 0 Å². The number of aliphatic hydroxyl groups is 1. The van der Waals surface area contributed by atoms with Gasteiger partial charge in [0.1, 0.15) is 5.75 Å². The van der Waals surface area contributed by atoms with Crippen molar-refractivity contribution in [3.8, 4) is 5.75 Å². The summed E-state index contributed by atoms with van der Waals surface area (Å²) in [5, 5.41) is 19.8. The van der Waals surface area contributed by atoms with Gasteiger partial charge in [0.2, 0.25) is 0 Å². The van der Waals surface area contributed by atoms with Gasteiger partial charge in [0, 0.05) is 0 Å². The van der Waals surface area contributed by atoms with Crippen molar-refractivity contribution in [3.05, 3.63) is 29.8 Å². The highest BCUT2D eigenvalue weighted by Crippen LogP contribution is 2.27. The summed E-state index contributed by atoms with van der Waals surface area (Å²) in [6.07, 6.45) is 1.12. The molecule has 106 valence electrons. The van der Waals surface area contributed by atoms with Crippen molar-refractivity contribution in [2.24, 2.45) is 5.92 Å². The minimum atomic E-state index is -1.06. The largest absolute Gasteiger partial charge is 0.508 e. The number of carbonyl (C=O) groups is 1. The molecule has 1 atom stereocenters. The molecule has 2 N–H and O–H groups in total. The molecule has 4 nitrogen and oxygen atoms in total. The Labute approximate surface area is 114 Å². The summed E-state index contributed by atoms with van der Waals surface area (Å²) in [5.74, 6) is -0.219. The van der Waals surface area contributed by atoms with Gasteiger partial charge in [-0.25, -0.2) is 0 Å². The van der Waals surface area contributed by atoms with Crippen molar-refractivity contribution in [1.82, 2.24) is 0 Å². The number of phenolic OH excluding ortho intramolecular Hbond substituents is 1. The maximum atomic E-state index is 11.4. The first kappa shape index (κ1) is 15.5. The summed E-state index contributed by atoms with van der Waals surface area (Å²) in [7, 11) is 1.32. The van der Waals surface area contributed by atoms with Crippen LogP contribution in [0.3, 0.4) is 0 Å². The summed E-state index contributed by atoms with van der Waals surface area (Å²) >= 11 is 0. The molecule has 0 aliphatic rings. The fourth-order valence-corrected chi connectivity index (χ4v) is 1.93. The van der Waals surface area contributed by atoms with Crippen LogP contribution in [0.5, 0.6) is 5.75 Å². The van der Waals surface area contributed by atoms with Gasteiger partial charge in [-0.2, -0.15) is 0 Å². The number of esters is 1. The molecule has 1 aromatic rings. The van der Waals surface area contributed by atoms with Crippen LogP contribution < -0.4 is 0 Å². The van der Waals surface area contributed by atoms with Crippen LogP contribution in [0, 0.1) is 5.92 Å². The first-order valence-electron chi connectivity index (χ1n) is 6.44. The summed E-state index contributed by atoms with van der Waals surface area (Å²) in [6, 6.07) is 6.86. The lowest BCUT2D eigenvalue weighted by molar-refractivity contribution is -0.148. The smallest absolute Gasteiger partial charge is 0.308 e. The zero-order valence-electron chi connectivity index (χ0n) is 11.7. The Hall–Kier alpha value is -1.55. The van der Waals surface area contributed by atoms with E-state index in [-0.39, 0.29) is 18.1 Å². The average Bonchev–Trinajstić information content (AvgIpc) is 2.37. The van der Waals surface area contributed by atoms with Crippen LogP contribution in [0.15, 0.2) is 24.3 Å². The first-order valence-corrected chi connectivity index (χ1v) is 6.44. The van der Waals surface area contributed by atoms with E-state index < -0.39 is 11.6 Å². The van der Waals surface area contributed by atoms with Crippen molar-refractivity contribution < 1.29 is 19.7 Å². The first-order chi connectivity index (χ1) is 8.87. The minimum Gasteiger partial charge on any atom is -0.508 e. The van der Waals surface area contributed by atoms with E-state index in [1.807, 2.05) is 26.0 Å². The van der Waals surface area contributed by atoms with Gasteiger partial charge < -0.3 is 14.9 Å². The van der Waals surface area contributed by atoms with E-state index in [4.69, 9.17) is 0 Å². The number of carbonyl (C=O) groups excluding carboxylic acids is 1. The van der Waals surface area contributed by atoms with Crippen molar-refractivity contribution in [1.29, 1.82) is 0 Å². The zero-order valence-corrected chi connectivity index (χ0v) is 11.7. The Morgan fingerprint density at radius 2 is 1.89 bits per heavy atom. The lowest BCUT2D eigenvalue weighted by atomic mass is 9.82. The van der Waals surface area contributed by atoms with Gasteiger partial charge >= 0.3 is 5.97 Å². The van der Waals surface area contributed by atoms with Gasteiger partial charge in [0.05, 0.1) is 19.1 Å². The molecular weight excluding hydrogens is 244 g/mol. The van der Waals surface area contributed by atoms with Crippen molar-refractivity contribution in [3.63, 3.8) is 0 Å². The highest BCUT2D eigenvalue weighted by molar-refractivity contribution is 5.70. The van der Waals surface area contributed by atoms with Crippen molar-refractivity contribution in [2.45, 2.75) is 38.7 Å². The number of hydrogen-bond acceptors (Lipinski definition) is 4. The Morgan fingerprint density at radius 1 is 1.32 bits per heavy atom. The van der Waals surface area contributed by atoms with Gasteiger partial charge in [0.25, 0.3) is 0 Å². The highest BCUT2D eigenvalue weighted by atomic mass is 16.5. The lowest BCUT2D eigenvalue weighted by Crippen LogP contribution is -2.38. The summed E-state index contributed by atoms with van der Waals surface area (Å²) < 4.78 is 4.63. The third-order valence-corrected chi connectivity index (χ3v) is 3.54. The maximum Gasteiger partial charge on any atom is 0.308 e. The number of benzene rings is 1. The molecule has 0 saturated heterocycles. The number of hydrogen-bond donors (Lipinski definition) is 2. The maximum absolute atomic E-state index is 11.4. The van der Waals surface area contributed by atoms with Crippen molar-refractivity contribution in [2.75, 3.05) is 7.11 Å². The summed E-state index contributed by atoms with van der Waals surface area (Å²) in [6.45, 7) is 3.78. The molecule has 0 saturated carbocycles. The normalized spacial score (nSPS) is 14.2.